The SMILES string of the molecule is COC(=O)C(C)Oc1cc2nccn2nc1C. The summed E-state index contributed by atoms with van der Waals surface area (Å²) in [6, 6.07) is 1.74. The number of hydrogen-bond acceptors (Lipinski definition) is 5. The molecule has 6 heteroatoms. The number of aromatic nitrogens is 3. The number of carbonyl (C=O) groups excluding carboxylic acids is 1. The van der Waals surface area contributed by atoms with Crippen molar-refractivity contribution < 1.29 is 14.3 Å². The maximum absolute atomic E-state index is 11.3. The van der Waals surface area contributed by atoms with E-state index in [0.717, 1.165) is 0 Å². The molecule has 0 aliphatic carbocycles. The summed E-state index contributed by atoms with van der Waals surface area (Å²) in [4.78, 5) is 15.3. The molecular formula is C11H13N3O3. The molecule has 2 aromatic heterocycles. The third-order valence-electron chi connectivity index (χ3n) is 2.36. The third-order valence-corrected chi connectivity index (χ3v) is 2.36. The Kier molecular flexibility index (Phi) is 2.95. The summed E-state index contributed by atoms with van der Waals surface area (Å²) in [5.41, 5.74) is 1.36. The molecule has 0 amide bonds. The molecule has 17 heavy (non-hydrogen) atoms. The summed E-state index contributed by atoms with van der Waals surface area (Å²) >= 11 is 0. The fourth-order valence-electron chi connectivity index (χ4n) is 1.45. The van der Waals surface area contributed by atoms with Gasteiger partial charge in [-0.2, -0.15) is 5.10 Å². The molecule has 0 N–H and O–H groups in total. The quantitative estimate of drug-likeness (QED) is 0.742. The molecule has 1 unspecified atom stereocenters. The van der Waals surface area contributed by atoms with Crippen molar-refractivity contribution in [1.82, 2.24) is 14.6 Å². The molecule has 0 aliphatic heterocycles. The number of nitrogens with zero attached hydrogens (tertiary/aromatic N) is 3. The van der Waals surface area contributed by atoms with E-state index in [0.29, 0.717) is 17.1 Å². The van der Waals surface area contributed by atoms with Crippen LogP contribution in [0, 0.1) is 6.92 Å². The highest BCUT2D eigenvalue weighted by molar-refractivity contribution is 5.74. The van der Waals surface area contributed by atoms with Crippen LogP contribution in [0.3, 0.4) is 0 Å². The Bertz CT molecular complexity index is 550. The highest BCUT2D eigenvalue weighted by atomic mass is 16.6. The number of methoxy groups -OCH3 is 1. The molecule has 90 valence electrons. The van der Waals surface area contributed by atoms with Crippen LogP contribution in [0.1, 0.15) is 12.6 Å². The predicted molar refractivity (Wildman–Crippen MR) is 59.8 cm³/mol. The molecule has 0 bridgehead atoms. The highest BCUT2D eigenvalue weighted by Gasteiger charge is 2.16. The summed E-state index contributed by atoms with van der Waals surface area (Å²) in [5.74, 6) is 0.106. The molecule has 1 atom stereocenters. The van der Waals surface area contributed by atoms with Crippen LogP contribution in [0.2, 0.25) is 0 Å². The van der Waals surface area contributed by atoms with Crippen LogP contribution in [0.25, 0.3) is 5.65 Å². The topological polar surface area (TPSA) is 65.7 Å². The van der Waals surface area contributed by atoms with E-state index in [9.17, 15) is 4.79 Å². The summed E-state index contributed by atoms with van der Waals surface area (Å²) in [6.07, 6.45) is 2.73. The lowest BCUT2D eigenvalue weighted by molar-refractivity contribution is -0.147. The van der Waals surface area contributed by atoms with Crippen LogP contribution in [0.15, 0.2) is 18.5 Å². The van der Waals surface area contributed by atoms with Gasteiger partial charge in [-0.05, 0) is 13.8 Å². The van der Waals surface area contributed by atoms with Crippen molar-refractivity contribution in [3.63, 3.8) is 0 Å². The largest absolute Gasteiger partial charge is 0.477 e. The molecule has 0 aliphatic rings. The number of carbonyl (C=O) groups is 1. The van der Waals surface area contributed by atoms with Crippen molar-refractivity contribution in [3.05, 3.63) is 24.2 Å². The number of esters is 1. The van der Waals surface area contributed by atoms with Crippen LogP contribution < -0.4 is 4.74 Å². The zero-order chi connectivity index (χ0) is 12.4. The van der Waals surface area contributed by atoms with E-state index < -0.39 is 12.1 Å². The van der Waals surface area contributed by atoms with Gasteiger partial charge in [0, 0.05) is 18.5 Å². The zero-order valence-corrected chi connectivity index (χ0v) is 9.88. The van der Waals surface area contributed by atoms with Crippen molar-refractivity contribution in [2.75, 3.05) is 7.11 Å². The average Bonchev–Trinajstić information content (AvgIpc) is 2.75. The van der Waals surface area contributed by atoms with E-state index in [1.165, 1.54) is 7.11 Å². The summed E-state index contributed by atoms with van der Waals surface area (Å²) in [6.45, 7) is 3.43. The Balaban J connectivity index is 2.28. The van der Waals surface area contributed by atoms with Crippen LogP contribution in [-0.4, -0.2) is 33.8 Å². The van der Waals surface area contributed by atoms with Gasteiger partial charge in [0.25, 0.3) is 0 Å². The van der Waals surface area contributed by atoms with Crippen molar-refractivity contribution in [2.24, 2.45) is 0 Å². The van der Waals surface area contributed by atoms with E-state index in [-0.39, 0.29) is 0 Å². The van der Waals surface area contributed by atoms with Crippen LogP contribution in [0.5, 0.6) is 5.75 Å². The third kappa shape index (κ3) is 2.20. The van der Waals surface area contributed by atoms with E-state index >= 15 is 0 Å². The second kappa shape index (κ2) is 4.40. The fourth-order valence-corrected chi connectivity index (χ4v) is 1.45. The fraction of sp³-hybridized carbons (Fsp3) is 0.364. The number of fused-ring (bicyclic) bond motifs is 1. The number of hydrogen-bond donors (Lipinski definition) is 0. The first kappa shape index (κ1) is 11.4. The van der Waals surface area contributed by atoms with Gasteiger partial charge >= 0.3 is 5.97 Å². The van der Waals surface area contributed by atoms with Gasteiger partial charge in [0.1, 0.15) is 11.4 Å². The normalized spacial score (nSPS) is 12.4. The molecule has 0 radical (unpaired) electrons. The lowest BCUT2D eigenvalue weighted by Gasteiger charge is -2.13. The van der Waals surface area contributed by atoms with Gasteiger partial charge < -0.3 is 9.47 Å². The monoisotopic (exact) mass is 235 g/mol. The van der Waals surface area contributed by atoms with Gasteiger partial charge in [0.2, 0.25) is 0 Å². The Labute approximate surface area is 98.2 Å². The van der Waals surface area contributed by atoms with E-state index in [1.54, 1.807) is 36.8 Å². The molecule has 0 saturated heterocycles. The average molecular weight is 235 g/mol. The highest BCUT2D eigenvalue weighted by Crippen LogP contribution is 2.18. The lowest BCUT2D eigenvalue weighted by Crippen LogP contribution is -2.25. The Morgan fingerprint density at radius 3 is 3.00 bits per heavy atom. The standard InChI is InChI=1S/C11H13N3O3/c1-7-9(17-8(2)11(15)16-3)6-10-12-4-5-14(10)13-7/h4-6,8H,1-3H3. The van der Waals surface area contributed by atoms with Gasteiger partial charge in [-0.3, -0.25) is 0 Å². The minimum Gasteiger partial charge on any atom is -0.477 e. The zero-order valence-electron chi connectivity index (χ0n) is 9.88. The first-order valence-corrected chi connectivity index (χ1v) is 5.17. The van der Waals surface area contributed by atoms with Gasteiger partial charge in [0.05, 0.1) is 7.11 Å². The molecular weight excluding hydrogens is 222 g/mol. The number of imidazole rings is 1. The van der Waals surface area contributed by atoms with Gasteiger partial charge in [-0.15, -0.1) is 0 Å². The number of aryl methyl sites for hydroxylation is 1. The van der Waals surface area contributed by atoms with Crippen molar-refractivity contribution in [1.29, 1.82) is 0 Å². The van der Waals surface area contributed by atoms with Gasteiger partial charge in [-0.1, -0.05) is 0 Å². The van der Waals surface area contributed by atoms with Crippen LogP contribution >= 0.6 is 0 Å². The first-order valence-electron chi connectivity index (χ1n) is 5.17. The summed E-state index contributed by atoms with van der Waals surface area (Å²) < 4.78 is 11.7. The van der Waals surface area contributed by atoms with E-state index in [4.69, 9.17) is 4.74 Å². The molecule has 0 saturated carbocycles. The Morgan fingerprint density at radius 1 is 1.53 bits per heavy atom. The minimum absolute atomic E-state index is 0.424. The molecule has 6 nitrogen and oxygen atoms in total. The lowest BCUT2D eigenvalue weighted by atomic mass is 10.3. The predicted octanol–water partition coefficient (Wildman–Crippen LogP) is 0.978. The maximum Gasteiger partial charge on any atom is 0.346 e. The summed E-state index contributed by atoms with van der Waals surface area (Å²) in [7, 11) is 1.32. The minimum atomic E-state index is -0.669. The Morgan fingerprint density at radius 2 is 2.29 bits per heavy atom. The molecule has 0 spiro atoms. The van der Waals surface area contributed by atoms with Crippen molar-refractivity contribution >= 4 is 11.6 Å². The van der Waals surface area contributed by atoms with Gasteiger partial charge in [-0.25, -0.2) is 14.3 Å². The first-order chi connectivity index (χ1) is 8.11. The molecule has 0 aromatic carbocycles. The Hall–Kier alpha value is -2.11. The molecule has 0 fully saturated rings. The number of rotatable bonds is 3. The molecule has 2 aromatic rings. The van der Waals surface area contributed by atoms with Crippen LogP contribution in [-0.2, 0) is 9.53 Å². The van der Waals surface area contributed by atoms with E-state index in [2.05, 4.69) is 14.8 Å². The number of ether oxygens (including phenoxy) is 2. The molecule has 2 rings (SSSR count). The molecule has 2 heterocycles. The van der Waals surface area contributed by atoms with E-state index in [1.807, 2.05) is 0 Å². The smallest absolute Gasteiger partial charge is 0.346 e. The van der Waals surface area contributed by atoms with Crippen LogP contribution in [0.4, 0.5) is 0 Å². The second-order valence-electron chi connectivity index (χ2n) is 3.61. The summed E-state index contributed by atoms with van der Waals surface area (Å²) in [5, 5.41) is 4.25. The second-order valence-corrected chi connectivity index (χ2v) is 3.61. The van der Waals surface area contributed by atoms with Crippen molar-refractivity contribution in [3.8, 4) is 5.75 Å². The maximum atomic E-state index is 11.3. The van der Waals surface area contributed by atoms with Gasteiger partial charge in [0.15, 0.2) is 11.8 Å². The van der Waals surface area contributed by atoms with Crippen molar-refractivity contribution in [2.45, 2.75) is 20.0 Å².